The average Bonchev–Trinajstić information content (AvgIpc) is 2.76. The molecule has 0 saturated carbocycles. The molecule has 8 nitrogen and oxygen atoms in total. The molecule has 0 atom stereocenters. The SMILES string of the molecule is Cc1cccc(OCCNC(=O)NCc2ccccc2S(=O)(=O)N2CCOCC2)c1. The topological polar surface area (TPSA) is 97.0 Å². The van der Waals surface area contributed by atoms with E-state index in [0.717, 1.165) is 11.3 Å². The molecule has 0 radical (unpaired) electrons. The summed E-state index contributed by atoms with van der Waals surface area (Å²) in [7, 11) is -3.63. The molecule has 2 amide bonds. The summed E-state index contributed by atoms with van der Waals surface area (Å²) in [5, 5.41) is 5.42. The number of hydrogen-bond donors (Lipinski definition) is 2. The molecule has 2 N–H and O–H groups in total. The average molecular weight is 434 g/mol. The lowest BCUT2D eigenvalue weighted by Gasteiger charge is -2.27. The fourth-order valence-corrected chi connectivity index (χ4v) is 4.73. The van der Waals surface area contributed by atoms with Crippen molar-refractivity contribution >= 4 is 16.1 Å². The fraction of sp³-hybridized carbons (Fsp3) is 0.381. The van der Waals surface area contributed by atoms with Gasteiger partial charge in [0.25, 0.3) is 0 Å². The molecule has 1 aliphatic heterocycles. The van der Waals surface area contributed by atoms with Crippen molar-refractivity contribution in [2.24, 2.45) is 0 Å². The quantitative estimate of drug-likeness (QED) is 0.620. The van der Waals surface area contributed by atoms with Gasteiger partial charge in [0.2, 0.25) is 10.0 Å². The van der Waals surface area contributed by atoms with Crippen molar-refractivity contribution in [1.29, 1.82) is 0 Å². The second-order valence-corrected chi connectivity index (χ2v) is 8.80. The molecule has 162 valence electrons. The van der Waals surface area contributed by atoms with Gasteiger partial charge in [-0.2, -0.15) is 4.31 Å². The highest BCUT2D eigenvalue weighted by molar-refractivity contribution is 7.89. The van der Waals surface area contributed by atoms with Gasteiger partial charge in [-0.25, -0.2) is 13.2 Å². The van der Waals surface area contributed by atoms with Gasteiger partial charge < -0.3 is 20.1 Å². The highest BCUT2D eigenvalue weighted by Crippen LogP contribution is 2.21. The molecule has 1 fully saturated rings. The maximum Gasteiger partial charge on any atom is 0.315 e. The molecule has 0 spiro atoms. The van der Waals surface area contributed by atoms with E-state index in [2.05, 4.69) is 10.6 Å². The third-order valence-corrected chi connectivity index (χ3v) is 6.64. The summed E-state index contributed by atoms with van der Waals surface area (Å²) in [5.74, 6) is 0.749. The number of carbonyl (C=O) groups is 1. The van der Waals surface area contributed by atoms with Crippen molar-refractivity contribution in [3.63, 3.8) is 0 Å². The molecule has 1 heterocycles. The van der Waals surface area contributed by atoms with E-state index in [1.807, 2.05) is 31.2 Å². The molecule has 30 heavy (non-hydrogen) atoms. The van der Waals surface area contributed by atoms with Crippen LogP contribution in [0.2, 0.25) is 0 Å². The van der Waals surface area contributed by atoms with E-state index in [-0.39, 0.29) is 17.5 Å². The van der Waals surface area contributed by atoms with E-state index in [1.54, 1.807) is 24.3 Å². The van der Waals surface area contributed by atoms with Gasteiger partial charge in [-0.05, 0) is 36.2 Å². The molecule has 1 aliphatic rings. The molecule has 2 aromatic carbocycles. The maximum atomic E-state index is 12.9. The van der Waals surface area contributed by atoms with E-state index < -0.39 is 10.0 Å². The van der Waals surface area contributed by atoms with Crippen molar-refractivity contribution < 1.29 is 22.7 Å². The number of amides is 2. The van der Waals surface area contributed by atoms with E-state index >= 15 is 0 Å². The lowest BCUT2D eigenvalue weighted by Crippen LogP contribution is -2.41. The first-order chi connectivity index (χ1) is 14.5. The zero-order valence-corrected chi connectivity index (χ0v) is 17.8. The molecule has 9 heteroatoms. The molecule has 2 aromatic rings. The van der Waals surface area contributed by atoms with Crippen molar-refractivity contribution in [2.75, 3.05) is 39.5 Å². The number of carbonyl (C=O) groups excluding carboxylic acids is 1. The van der Waals surface area contributed by atoms with Gasteiger partial charge in [0.1, 0.15) is 12.4 Å². The van der Waals surface area contributed by atoms with Crippen LogP contribution >= 0.6 is 0 Å². The standard InChI is InChI=1S/C21H27N3O5S/c1-17-5-4-7-19(15-17)29-12-9-22-21(25)23-16-18-6-2-3-8-20(18)30(26,27)24-10-13-28-14-11-24/h2-8,15H,9-14,16H2,1H3,(H2,22,23,25). The van der Waals surface area contributed by atoms with E-state index in [1.165, 1.54) is 4.31 Å². The predicted octanol–water partition coefficient (Wildman–Crippen LogP) is 1.89. The summed E-state index contributed by atoms with van der Waals surface area (Å²) >= 11 is 0. The Hall–Kier alpha value is -2.62. The van der Waals surface area contributed by atoms with Gasteiger partial charge in [0, 0.05) is 19.6 Å². The maximum absolute atomic E-state index is 12.9. The first-order valence-electron chi connectivity index (χ1n) is 9.84. The number of urea groups is 1. The second-order valence-electron chi connectivity index (χ2n) is 6.90. The number of rotatable bonds is 8. The Labute approximate surface area is 177 Å². The third kappa shape index (κ3) is 5.94. The Balaban J connectivity index is 1.50. The van der Waals surface area contributed by atoms with Crippen LogP contribution in [0.5, 0.6) is 5.75 Å². The fourth-order valence-electron chi connectivity index (χ4n) is 3.10. The number of ether oxygens (including phenoxy) is 2. The Kier molecular flexibility index (Phi) is 7.67. The number of sulfonamides is 1. The van der Waals surface area contributed by atoms with Crippen LogP contribution in [-0.2, 0) is 21.3 Å². The van der Waals surface area contributed by atoms with E-state index in [0.29, 0.717) is 45.0 Å². The van der Waals surface area contributed by atoms with Crippen molar-refractivity contribution in [2.45, 2.75) is 18.4 Å². The van der Waals surface area contributed by atoms with Gasteiger partial charge in [-0.1, -0.05) is 30.3 Å². The zero-order chi connectivity index (χ0) is 21.4. The van der Waals surface area contributed by atoms with Gasteiger partial charge in [0.05, 0.1) is 24.7 Å². The van der Waals surface area contributed by atoms with Crippen molar-refractivity contribution in [3.8, 4) is 5.75 Å². The summed E-state index contributed by atoms with van der Waals surface area (Å²) in [6.07, 6.45) is 0. The van der Waals surface area contributed by atoms with Crippen LogP contribution in [0.3, 0.4) is 0 Å². The smallest absolute Gasteiger partial charge is 0.315 e. The Morgan fingerprint density at radius 2 is 1.87 bits per heavy atom. The predicted molar refractivity (Wildman–Crippen MR) is 113 cm³/mol. The van der Waals surface area contributed by atoms with Crippen LogP contribution < -0.4 is 15.4 Å². The number of aryl methyl sites for hydroxylation is 1. The zero-order valence-electron chi connectivity index (χ0n) is 17.0. The molecule has 0 aliphatic carbocycles. The minimum absolute atomic E-state index is 0.102. The van der Waals surface area contributed by atoms with Gasteiger partial charge in [0.15, 0.2) is 0 Å². The number of hydrogen-bond acceptors (Lipinski definition) is 5. The summed E-state index contributed by atoms with van der Waals surface area (Å²) in [6, 6.07) is 14.0. The van der Waals surface area contributed by atoms with Crippen LogP contribution in [0.4, 0.5) is 4.79 Å². The Morgan fingerprint density at radius 1 is 1.10 bits per heavy atom. The third-order valence-electron chi connectivity index (χ3n) is 4.65. The Bertz CT molecular complexity index is 959. The van der Waals surface area contributed by atoms with Crippen LogP contribution in [0.15, 0.2) is 53.4 Å². The molecular weight excluding hydrogens is 406 g/mol. The Morgan fingerprint density at radius 3 is 2.63 bits per heavy atom. The highest BCUT2D eigenvalue weighted by Gasteiger charge is 2.28. The van der Waals surface area contributed by atoms with Gasteiger partial charge in [-0.15, -0.1) is 0 Å². The van der Waals surface area contributed by atoms with Crippen LogP contribution in [0, 0.1) is 6.92 Å². The normalized spacial score (nSPS) is 14.8. The molecule has 0 bridgehead atoms. The highest BCUT2D eigenvalue weighted by atomic mass is 32.2. The molecule has 1 saturated heterocycles. The van der Waals surface area contributed by atoms with Gasteiger partial charge >= 0.3 is 6.03 Å². The summed E-state index contributed by atoms with van der Waals surface area (Å²) in [4.78, 5) is 12.3. The molecule has 0 unspecified atom stereocenters. The number of nitrogens with one attached hydrogen (secondary N) is 2. The largest absolute Gasteiger partial charge is 0.492 e. The van der Waals surface area contributed by atoms with Gasteiger partial charge in [-0.3, -0.25) is 0 Å². The number of nitrogens with zero attached hydrogens (tertiary/aromatic N) is 1. The number of morpholine rings is 1. The molecular formula is C21H27N3O5S. The van der Waals surface area contributed by atoms with Crippen molar-refractivity contribution in [1.82, 2.24) is 14.9 Å². The second kappa shape index (κ2) is 10.4. The van der Waals surface area contributed by atoms with E-state index in [9.17, 15) is 13.2 Å². The summed E-state index contributed by atoms with van der Waals surface area (Å²) in [6.45, 7) is 4.16. The minimum atomic E-state index is -3.63. The minimum Gasteiger partial charge on any atom is -0.492 e. The van der Waals surface area contributed by atoms with E-state index in [4.69, 9.17) is 9.47 Å². The van der Waals surface area contributed by atoms with Crippen LogP contribution in [-0.4, -0.2) is 58.2 Å². The van der Waals surface area contributed by atoms with Crippen molar-refractivity contribution in [3.05, 3.63) is 59.7 Å². The first-order valence-corrected chi connectivity index (χ1v) is 11.3. The number of benzene rings is 2. The lowest BCUT2D eigenvalue weighted by molar-refractivity contribution is 0.0730. The molecule has 0 aromatic heterocycles. The van der Waals surface area contributed by atoms with Crippen LogP contribution in [0.25, 0.3) is 0 Å². The first kappa shape index (κ1) is 22.1. The monoisotopic (exact) mass is 433 g/mol. The summed E-state index contributed by atoms with van der Waals surface area (Å²) < 4.78 is 38.1. The molecule has 3 rings (SSSR count). The van der Waals surface area contributed by atoms with Crippen LogP contribution in [0.1, 0.15) is 11.1 Å². The lowest BCUT2D eigenvalue weighted by atomic mass is 10.2. The summed E-state index contributed by atoms with van der Waals surface area (Å²) in [5.41, 5.74) is 1.64.